The quantitative estimate of drug-likeness (QED) is 0.833. The summed E-state index contributed by atoms with van der Waals surface area (Å²) >= 11 is 0. The highest BCUT2D eigenvalue weighted by Gasteiger charge is 2.26. The summed E-state index contributed by atoms with van der Waals surface area (Å²) in [5.41, 5.74) is 1.23. The van der Waals surface area contributed by atoms with E-state index in [0.717, 1.165) is 26.1 Å². The van der Waals surface area contributed by atoms with E-state index < -0.39 is 0 Å². The van der Waals surface area contributed by atoms with Crippen molar-refractivity contribution in [2.75, 3.05) is 13.1 Å². The molecule has 0 aliphatic carbocycles. The van der Waals surface area contributed by atoms with Crippen LogP contribution in [0.2, 0.25) is 0 Å². The molecule has 0 radical (unpaired) electrons. The van der Waals surface area contributed by atoms with Crippen molar-refractivity contribution in [2.24, 2.45) is 5.92 Å². The molecule has 2 rings (SSSR count). The van der Waals surface area contributed by atoms with Crippen LogP contribution in [0.1, 0.15) is 45.3 Å². The molecule has 0 unspecified atom stereocenters. The van der Waals surface area contributed by atoms with Crippen molar-refractivity contribution in [3.05, 3.63) is 24.0 Å². The number of nitrogens with one attached hydrogen (secondary N) is 1. The highest BCUT2D eigenvalue weighted by Crippen LogP contribution is 2.24. The fraction of sp³-hybridized carbons (Fsp3) is 0.667. The first-order valence-corrected chi connectivity index (χ1v) is 7.29. The maximum atomic E-state index is 12.2. The van der Waals surface area contributed by atoms with Gasteiger partial charge in [0.25, 0.3) is 0 Å². The minimum atomic E-state index is 0.0729. The highest BCUT2D eigenvalue weighted by atomic mass is 16.2. The molecule has 1 atom stereocenters. The van der Waals surface area contributed by atoms with Crippen LogP contribution < -0.4 is 5.32 Å². The average molecular weight is 263 g/mol. The molecule has 0 saturated heterocycles. The number of hydrogen-bond acceptors (Lipinski definition) is 1. The highest BCUT2D eigenvalue weighted by molar-refractivity contribution is 5.74. The molecule has 0 fully saturated rings. The van der Waals surface area contributed by atoms with Gasteiger partial charge in [-0.25, -0.2) is 4.79 Å². The summed E-state index contributed by atoms with van der Waals surface area (Å²) in [4.78, 5) is 14.1. The van der Waals surface area contributed by atoms with Crippen molar-refractivity contribution < 1.29 is 4.79 Å². The Morgan fingerprint density at radius 1 is 1.47 bits per heavy atom. The van der Waals surface area contributed by atoms with Gasteiger partial charge in [0.1, 0.15) is 0 Å². The lowest BCUT2D eigenvalue weighted by Crippen LogP contribution is -2.46. The zero-order chi connectivity index (χ0) is 13.8. The number of fused-ring (bicyclic) bond motifs is 1. The number of aromatic nitrogens is 1. The van der Waals surface area contributed by atoms with Gasteiger partial charge in [-0.1, -0.05) is 13.8 Å². The van der Waals surface area contributed by atoms with Crippen LogP contribution >= 0.6 is 0 Å². The summed E-state index contributed by atoms with van der Waals surface area (Å²) in [5, 5.41) is 3.04. The van der Waals surface area contributed by atoms with Crippen LogP contribution in [-0.4, -0.2) is 28.6 Å². The van der Waals surface area contributed by atoms with Gasteiger partial charge in [0, 0.05) is 31.5 Å². The zero-order valence-corrected chi connectivity index (χ0v) is 12.2. The molecule has 0 aromatic carbocycles. The van der Waals surface area contributed by atoms with Crippen LogP contribution in [0.25, 0.3) is 0 Å². The lowest BCUT2D eigenvalue weighted by molar-refractivity contribution is 0.162. The van der Waals surface area contributed by atoms with Gasteiger partial charge < -0.3 is 14.8 Å². The molecule has 2 heterocycles. The van der Waals surface area contributed by atoms with Gasteiger partial charge in [-0.15, -0.1) is 0 Å². The zero-order valence-electron chi connectivity index (χ0n) is 12.2. The molecule has 1 aromatic heterocycles. The lowest BCUT2D eigenvalue weighted by Gasteiger charge is -2.34. The monoisotopic (exact) mass is 263 g/mol. The third kappa shape index (κ3) is 3.31. The number of rotatable bonds is 4. The van der Waals surface area contributed by atoms with Crippen LogP contribution in [0, 0.1) is 5.92 Å². The topological polar surface area (TPSA) is 37.3 Å². The van der Waals surface area contributed by atoms with E-state index >= 15 is 0 Å². The Kier molecular flexibility index (Phi) is 4.51. The summed E-state index contributed by atoms with van der Waals surface area (Å²) in [6.45, 7) is 8.98. The smallest absolute Gasteiger partial charge is 0.318 e. The average Bonchev–Trinajstić information content (AvgIpc) is 2.83. The second-order valence-corrected chi connectivity index (χ2v) is 5.76. The number of urea groups is 1. The summed E-state index contributed by atoms with van der Waals surface area (Å²) in [6.07, 6.45) is 4.31. The maximum Gasteiger partial charge on any atom is 0.318 e. The van der Waals surface area contributed by atoms with E-state index in [1.54, 1.807) is 0 Å². The molecular formula is C15H25N3O. The van der Waals surface area contributed by atoms with E-state index in [9.17, 15) is 4.79 Å². The van der Waals surface area contributed by atoms with Crippen molar-refractivity contribution in [1.29, 1.82) is 0 Å². The third-order valence-electron chi connectivity index (χ3n) is 3.84. The van der Waals surface area contributed by atoms with Gasteiger partial charge in [-0.05, 0) is 37.8 Å². The number of amides is 2. The van der Waals surface area contributed by atoms with E-state index in [4.69, 9.17) is 0 Å². The second kappa shape index (κ2) is 6.13. The van der Waals surface area contributed by atoms with Gasteiger partial charge in [-0.2, -0.15) is 0 Å². The van der Waals surface area contributed by atoms with Crippen molar-refractivity contribution in [2.45, 2.75) is 46.2 Å². The third-order valence-corrected chi connectivity index (χ3v) is 3.84. The van der Waals surface area contributed by atoms with Gasteiger partial charge in [0.05, 0.1) is 6.04 Å². The van der Waals surface area contributed by atoms with Gasteiger partial charge in [-0.3, -0.25) is 0 Å². The number of nitrogens with zero attached hydrogens (tertiary/aromatic N) is 2. The molecule has 0 bridgehead atoms. The van der Waals surface area contributed by atoms with Crippen LogP contribution in [0.15, 0.2) is 18.3 Å². The summed E-state index contributed by atoms with van der Waals surface area (Å²) in [6, 6.07) is 4.39. The van der Waals surface area contributed by atoms with E-state index in [0.29, 0.717) is 5.92 Å². The molecule has 4 heteroatoms. The van der Waals surface area contributed by atoms with Gasteiger partial charge >= 0.3 is 6.03 Å². The Labute approximate surface area is 115 Å². The molecule has 1 N–H and O–H groups in total. The van der Waals surface area contributed by atoms with E-state index in [-0.39, 0.29) is 12.1 Å². The molecule has 1 aromatic rings. The van der Waals surface area contributed by atoms with E-state index in [1.807, 2.05) is 4.90 Å². The van der Waals surface area contributed by atoms with E-state index in [2.05, 4.69) is 49.0 Å². The normalized spacial score (nSPS) is 18.5. The predicted octanol–water partition coefficient (Wildman–Crippen LogP) is 3.01. The van der Waals surface area contributed by atoms with Crippen LogP contribution in [0.3, 0.4) is 0 Å². The molecule has 1 aliphatic heterocycles. The van der Waals surface area contributed by atoms with E-state index in [1.165, 1.54) is 12.1 Å². The fourth-order valence-electron chi connectivity index (χ4n) is 2.66. The SMILES string of the molecule is CC(C)CCCNC(=O)N1CCn2cccc2[C@H]1C. The fourth-order valence-corrected chi connectivity index (χ4v) is 2.66. The first-order valence-electron chi connectivity index (χ1n) is 7.29. The molecular weight excluding hydrogens is 238 g/mol. The Morgan fingerprint density at radius 3 is 3.00 bits per heavy atom. The predicted molar refractivity (Wildman–Crippen MR) is 77.0 cm³/mol. The first-order chi connectivity index (χ1) is 9.09. The number of hydrogen-bond donors (Lipinski definition) is 1. The molecule has 1 aliphatic rings. The van der Waals surface area contributed by atoms with Crippen molar-refractivity contribution in [1.82, 2.24) is 14.8 Å². The lowest BCUT2D eigenvalue weighted by atomic mass is 10.1. The summed E-state index contributed by atoms with van der Waals surface area (Å²) in [5.74, 6) is 0.703. The van der Waals surface area contributed by atoms with Crippen molar-refractivity contribution in [3.8, 4) is 0 Å². The first kappa shape index (κ1) is 14.0. The molecule has 4 nitrogen and oxygen atoms in total. The standard InChI is InChI=1S/C15H25N3O/c1-12(2)6-4-8-16-15(19)18-11-10-17-9-5-7-14(17)13(18)3/h5,7,9,12-13H,4,6,8,10-11H2,1-3H3,(H,16,19)/t13-/m1/s1. The number of carbonyl (C=O) groups excluding carboxylic acids is 1. The molecule has 19 heavy (non-hydrogen) atoms. The largest absolute Gasteiger partial charge is 0.348 e. The molecule has 2 amide bonds. The Bertz CT molecular complexity index is 425. The minimum absolute atomic E-state index is 0.0729. The van der Waals surface area contributed by atoms with Crippen molar-refractivity contribution in [3.63, 3.8) is 0 Å². The van der Waals surface area contributed by atoms with Gasteiger partial charge in [0.15, 0.2) is 0 Å². The van der Waals surface area contributed by atoms with Crippen LogP contribution in [0.5, 0.6) is 0 Å². The minimum Gasteiger partial charge on any atom is -0.348 e. The summed E-state index contributed by atoms with van der Waals surface area (Å²) < 4.78 is 2.23. The van der Waals surface area contributed by atoms with Gasteiger partial charge in [0.2, 0.25) is 0 Å². The second-order valence-electron chi connectivity index (χ2n) is 5.76. The number of carbonyl (C=O) groups is 1. The Balaban J connectivity index is 1.84. The Hall–Kier alpha value is -1.45. The summed E-state index contributed by atoms with van der Waals surface area (Å²) in [7, 11) is 0. The Morgan fingerprint density at radius 2 is 2.26 bits per heavy atom. The molecule has 0 spiro atoms. The van der Waals surface area contributed by atoms with Crippen LogP contribution in [-0.2, 0) is 6.54 Å². The van der Waals surface area contributed by atoms with Crippen molar-refractivity contribution >= 4 is 6.03 Å². The molecule has 0 saturated carbocycles. The molecule has 106 valence electrons. The maximum absolute atomic E-state index is 12.2. The van der Waals surface area contributed by atoms with Crippen LogP contribution in [0.4, 0.5) is 4.79 Å².